The van der Waals surface area contributed by atoms with Crippen LogP contribution in [0.3, 0.4) is 0 Å². The van der Waals surface area contributed by atoms with E-state index in [1.807, 2.05) is 96.7 Å². The number of nitrogens with zero attached hydrogens (tertiary/aromatic N) is 1. The van der Waals surface area contributed by atoms with Gasteiger partial charge in [0.1, 0.15) is 6.10 Å². The summed E-state index contributed by atoms with van der Waals surface area (Å²) >= 11 is -4.79. The van der Waals surface area contributed by atoms with Gasteiger partial charge in [-0.2, -0.15) is 4.21 Å². The van der Waals surface area contributed by atoms with Crippen molar-refractivity contribution in [3.8, 4) is 0 Å². The molecule has 0 aliphatic rings. The number of hydrogen-bond donors (Lipinski definition) is 3. The predicted octanol–water partition coefficient (Wildman–Crippen LogP) is 4.41. The Balaban J connectivity index is 1.77. The lowest BCUT2D eigenvalue weighted by molar-refractivity contribution is 0.0416. The summed E-state index contributed by atoms with van der Waals surface area (Å²) in [6.07, 6.45) is 0.348. The van der Waals surface area contributed by atoms with E-state index in [0.29, 0.717) is 11.1 Å². The number of ether oxygens (including phenoxy) is 1. The quantitative estimate of drug-likeness (QED) is 0.256. The van der Waals surface area contributed by atoms with Gasteiger partial charge in [-0.25, -0.2) is 8.93 Å². The Morgan fingerprint density at radius 2 is 1.54 bits per heavy atom. The molecule has 4 rings (SSSR count). The average Bonchev–Trinajstić information content (AvgIpc) is 3.19. The summed E-state index contributed by atoms with van der Waals surface area (Å²) in [6.45, 7) is 0.308. The number of benzene rings is 3. The fraction of sp³-hybridized carbons (Fsp3) is 0.200. The van der Waals surface area contributed by atoms with Crippen LogP contribution in [0.5, 0.6) is 0 Å². The molecule has 2 unspecified atom stereocenters. The molecular formula is C25H26N2O6S2. The van der Waals surface area contributed by atoms with E-state index in [1.54, 1.807) is 0 Å². The summed E-state index contributed by atoms with van der Waals surface area (Å²) < 4.78 is 58.5. The van der Waals surface area contributed by atoms with Crippen molar-refractivity contribution >= 4 is 33.5 Å². The molecule has 35 heavy (non-hydrogen) atoms. The highest BCUT2D eigenvalue weighted by molar-refractivity contribution is 7.77. The van der Waals surface area contributed by atoms with Crippen molar-refractivity contribution in [3.63, 3.8) is 0 Å². The Morgan fingerprint density at radius 3 is 2.26 bits per heavy atom. The molecule has 0 saturated carbocycles. The number of aryl methyl sites for hydroxylation is 1. The van der Waals surface area contributed by atoms with Crippen LogP contribution in [0.1, 0.15) is 34.5 Å². The van der Waals surface area contributed by atoms with Crippen LogP contribution in [0.25, 0.3) is 10.9 Å². The van der Waals surface area contributed by atoms with Crippen LogP contribution in [-0.4, -0.2) is 28.6 Å². The number of fused-ring (bicyclic) bond motifs is 1. The van der Waals surface area contributed by atoms with Gasteiger partial charge in [-0.05, 0) is 22.8 Å². The van der Waals surface area contributed by atoms with Crippen molar-refractivity contribution in [3.05, 3.63) is 107 Å². The number of rotatable bonds is 11. The zero-order valence-electron chi connectivity index (χ0n) is 18.9. The SMILES string of the molecule is Cn1cc([C@H](OS(=O)O)c2ccccc2[C@H](CNS(=O)O)OCc2ccccc2)c2ccccc21. The molecule has 0 saturated heterocycles. The first-order chi connectivity index (χ1) is 16.9. The van der Waals surface area contributed by atoms with E-state index >= 15 is 0 Å². The van der Waals surface area contributed by atoms with Gasteiger partial charge in [-0.3, -0.25) is 13.3 Å². The maximum atomic E-state index is 11.9. The molecule has 10 heteroatoms. The molecule has 0 fully saturated rings. The van der Waals surface area contributed by atoms with E-state index in [2.05, 4.69) is 4.72 Å². The molecule has 3 N–H and O–H groups in total. The molecular weight excluding hydrogens is 488 g/mol. The molecule has 0 radical (unpaired) electrons. The van der Waals surface area contributed by atoms with Crippen molar-refractivity contribution in [1.29, 1.82) is 0 Å². The maximum absolute atomic E-state index is 11.9. The van der Waals surface area contributed by atoms with Gasteiger partial charge in [-0.1, -0.05) is 72.8 Å². The average molecular weight is 515 g/mol. The molecule has 3 aromatic carbocycles. The fourth-order valence-electron chi connectivity index (χ4n) is 4.16. The van der Waals surface area contributed by atoms with Gasteiger partial charge < -0.3 is 9.30 Å². The minimum absolute atomic E-state index is 0.0391. The van der Waals surface area contributed by atoms with Gasteiger partial charge in [0.15, 0.2) is 0 Å². The van der Waals surface area contributed by atoms with Crippen LogP contribution in [0.2, 0.25) is 0 Å². The summed E-state index contributed by atoms with van der Waals surface area (Å²) in [5, 5.41) is 0.886. The van der Waals surface area contributed by atoms with Gasteiger partial charge in [0.25, 0.3) is 0 Å². The number of aromatic nitrogens is 1. The summed E-state index contributed by atoms with van der Waals surface area (Å²) in [5.41, 5.74) is 3.91. The van der Waals surface area contributed by atoms with Crippen molar-refractivity contribution in [1.82, 2.24) is 9.29 Å². The number of nitrogens with one attached hydrogen (secondary N) is 1. The zero-order valence-corrected chi connectivity index (χ0v) is 20.6. The van der Waals surface area contributed by atoms with Crippen LogP contribution in [0.15, 0.2) is 85.1 Å². The third-order valence-corrected chi connectivity index (χ3v) is 6.47. The largest absolute Gasteiger partial charge is 0.367 e. The first-order valence-electron chi connectivity index (χ1n) is 10.8. The van der Waals surface area contributed by atoms with Crippen molar-refractivity contribution in [2.45, 2.75) is 18.8 Å². The fourth-order valence-corrected chi connectivity index (χ4v) is 4.82. The van der Waals surface area contributed by atoms with Gasteiger partial charge in [0.05, 0.1) is 12.7 Å². The summed E-state index contributed by atoms with van der Waals surface area (Å²) in [7, 11) is 1.90. The first-order valence-corrected chi connectivity index (χ1v) is 13.0. The minimum Gasteiger partial charge on any atom is -0.367 e. The molecule has 1 heterocycles. The molecule has 4 aromatic rings. The second-order valence-corrected chi connectivity index (χ2v) is 9.33. The van der Waals surface area contributed by atoms with Gasteiger partial charge in [0.2, 0.25) is 11.3 Å². The van der Waals surface area contributed by atoms with Crippen LogP contribution in [0.4, 0.5) is 0 Å². The molecule has 8 nitrogen and oxygen atoms in total. The summed E-state index contributed by atoms with van der Waals surface area (Å²) in [6, 6.07) is 24.6. The Morgan fingerprint density at radius 1 is 0.886 bits per heavy atom. The third-order valence-electron chi connectivity index (χ3n) is 5.70. The maximum Gasteiger partial charge on any atom is 0.302 e. The van der Waals surface area contributed by atoms with E-state index in [-0.39, 0.29) is 13.2 Å². The highest BCUT2D eigenvalue weighted by Gasteiger charge is 2.27. The lowest BCUT2D eigenvalue weighted by atomic mass is 9.93. The van der Waals surface area contributed by atoms with Crippen LogP contribution in [-0.2, 0) is 45.2 Å². The van der Waals surface area contributed by atoms with E-state index in [0.717, 1.165) is 22.0 Å². The van der Waals surface area contributed by atoms with E-state index in [1.165, 1.54) is 0 Å². The molecule has 0 aliphatic carbocycles. The highest BCUT2D eigenvalue weighted by atomic mass is 32.2. The van der Waals surface area contributed by atoms with Crippen molar-refractivity contribution in [2.75, 3.05) is 6.54 Å². The molecule has 1 aromatic heterocycles. The molecule has 184 valence electrons. The monoisotopic (exact) mass is 514 g/mol. The lowest BCUT2D eigenvalue weighted by Crippen LogP contribution is -2.26. The van der Waals surface area contributed by atoms with E-state index in [4.69, 9.17) is 8.92 Å². The summed E-state index contributed by atoms with van der Waals surface area (Å²) in [5.74, 6) is 0. The van der Waals surface area contributed by atoms with Gasteiger partial charge >= 0.3 is 11.4 Å². The Kier molecular flexibility index (Phi) is 8.58. The third kappa shape index (κ3) is 6.30. The minimum atomic E-state index is -2.55. The van der Waals surface area contributed by atoms with Gasteiger partial charge in [0, 0.05) is 36.3 Å². The molecule has 0 spiro atoms. The van der Waals surface area contributed by atoms with Crippen LogP contribution >= 0.6 is 0 Å². The first kappa shape index (κ1) is 25.4. The Labute approximate surface area is 208 Å². The second kappa shape index (κ2) is 11.8. The smallest absolute Gasteiger partial charge is 0.302 e. The number of hydrogen-bond acceptors (Lipinski definition) is 4. The van der Waals surface area contributed by atoms with Crippen molar-refractivity contribution < 1.29 is 26.4 Å². The van der Waals surface area contributed by atoms with Crippen LogP contribution in [0, 0.1) is 0 Å². The van der Waals surface area contributed by atoms with Gasteiger partial charge in [-0.15, -0.1) is 0 Å². The van der Waals surface area contributed by atoms with Crippen molar-refractivity contribution in [2.24, 2.45) is 7.05 Å². The summed E-state index contributed by atoms with van der Waals surface area (Å²) in [4.78, 5) is 0. The van der Waals surface area contributed by atoms with E-state index in [9.17, 15) is 17.5 Å². The topological polar surface area (TPSA) is 110 Å². The Bertz CT molecular complexity index is 1330. The lowest BCUT2D eigenvalue weighted by Gasteiger charge is -2.25. The molecule has 4 atom stereocenters. The normalized spacial score (nSPS) is 15.1. The second-order valence-electron chi connectivity index (χ2n) is 7.92. The zero-order chi connectivity index (χ0) is 24.8. The predicted molar refractivity (Wildman–Crippen MR) is 136 cm³/mol. The highest BCUT2D eigenvalue weighted by Crippen LogP contribution is 2.37. The standard InChI is InChI=1S/C25H26N2O6S2/c1-27-16-22(19-11-7-8-14-23(19)27)25(33-35(30)31)21-13-6-5-12-20(21)24(15-26-34(28)29)32-17-18-9-3-2-4-10-18/h2-14,16,24-26H,15,17H2,1H3,(H,28,29)(H,30,31)/t24-,25+/m0/s1. The Hall–Kier alpha value is -2.70. The van der Waals surface area contributed by atoms with E-state index < -0.39 is 34.8 Å². The number of para-hydroxylation sites is 1. The molecule has 0 bridgehead atoms. The van der Waals surface area contributed by atoms with Crippen LogP contribution < -0.4 is 4.72 Å². The molecule has 0 amide bonds. The molecule has 0 aliphatic heterocycles.